The first-order chi connectivity index (χ1) is 13.7. The summed E-state index contributed by atoms with van der Waals surface area (Å²) in [6, 6.07) is 19.6. The van der Waals surface area contributed by atoms with E-state index in [1.165, 1.54) is 0 Å². The highest BCUT2D eigenvalue weighted by Crippen LogP contribution is 2.27. The predicted octanol–water partition coefficient (Wildman–Crippen LogP) is 3.94. The molecule has 1 atom stereocenters. The zero-order valence-electron chi connectivity index (χ0n) is 15.2. The molecule has 3 aromatic heterocycles. The van der Waals surface area contributed by atoms with Crippen LogP contribution in [0.1, 0.15) is 18.5 Å². The summed E-state index contributed by atoms with van der Waals surface area (Å²) in [5.41, 5.74) is 4.25. The maximum Gasteiger partial charge on any atom is 0.329 e. The van der Waals surface area contributed by atoms with Crippen LogP contribution in [-0.4, -0.2) is 24.5 Å². The number of aromatic nitrogens is 5. The van der Waals surface area contributed by atoms with Crippen molar-refractivity contribution < 1.29 is 0 Å². The van der Waals surface area contributed by atoms with Gasteiger partial charge in [-0.2, -0.15) is 0 Å². The van der Waals surface area contributed by atoms with Gasteiger partial charge in [0.2, 0.25) is 0 Å². The third kappa shape index (κ3) is 2.58. The van der Waals surface area contributed by atoms with Crippen LogP contribution in [0.25, 0.3) is 33.5 Å². The fourth-order valence-electron chi connectivity index (χ4n) is 3.57. The molecule has 0 aliphatic carbocycles. The Hall–Kier alpha value is -3.80. The second-order valence-electron chi connectivity index (χ2n) is 6.69. The van der Waals surface area contributed by atoms with E-state index < -0.39 is 0 Å². The van der Waals surface area contributed by atoms with Gasteiger partial charge >= 0.3 is 5.69 Å². The van der Waals surface area contributed by atoms with Crippen molar-refractivity contribution in [2.75, 3.05) is 0 Å². The molecule has 0 aliphatic heterocycles. The van der Waals surface area contributed by atoms with Crippen molar-refractivity contribution in [3.8, 4) is 11.3 Å². The molecule has 0 fully saturated rings. The molecule has 0 bridgehead atoms. The number of fused-ring (bicyclic) bond motifs is 2. The SMILES string of the molecule is C[C@H](c1ccccc1)n1c(=O)[nH]c2ncc(-c3cccc4cccnc34)nc21. The number of pyridine rings is 1. The smallest absolute Gasteiger partial charge is 0.289 e. The van der Waals surface area contributed by atoms with Crippen molar-refractivity contribution in [3.05, 3.63) is 89.1 Å². The number of hydrogen-bond donors (Lipinski definition) is 1. The van der Waals surface area contributed by atoms with Gasteiger partial charge in [-0.25, -0.2) is 14.8 Å². The van der Waals surface area contributed by atoms with E-state index in [1.807, 2.05) is 67.6 Å². The van der Waals surface area contributed by atoms with E-state index in [9.17, 15) is 4.79 Å². The lowest BCUT2D eigenvalue weighted by molar-refractivity contribution is 0.631. The maximum absolute atomic E-state index is 12.6. The van der Waals surface area contributed by atoms with E-state index in [-0.39, 0.29) is 11.7 Å². The molecule has 2 aromatic carbocycles. The van der Waals surface area contributed by atoms with Crippen LogP contribution in [-0.2, 0) is 0 Å². The molecule has 0 aliphatic rings. The summed E-state index contributed by atoms with van der Waals surface area (Å²) in [5.74, 6) is 0. The third-order valence-corrected chi connectivity index (χ3v) is 5.00. The van der Waals surface area contributed by atoms with E-state index in [4.69, 9.17) is 4.98 Å². The number of imidazole rings is 1. The minimum Gasteiger partial charge on any atom is -0.289 e. The van der Waals surface area contributed by atoms with Crippen LogP contribution in [0.2, 0.25) is 0 Å². The molecular weight excluding hydrogens is 350 g/mol. The highest BCUT2D eigenvalue weighted by Gasteiger charge is 2.18. The van der Waals surface area contributed by atoms with Crippen LogP contribution in [0.15, 0.2) is 77.9 Å². The highest BCUT2D eigenvalue weighted by molar-refractivity contribution is 5.92. The van der Waals surface area contributed by atoms with Crippen LogP contribution in [0.3, 0.4) is 0 Å². The second kappa shape index (κ2) is 6.42. The number of aromatic amines is 1. The van der Waals surface area contributed by atoms with Crippen LogP contribution in [0.5, 0.6) is 0 Å². The van der Waals surface area contributed by atoms with E-state index in [2.05, 4.69) is 15.0 Å². The van der Waals surface area contributed by atoms with Gasteiger partial charge in [-0.3, -0.25) is 14.5 Å². The molecule has 0 spiro atoms. The van der Waals surface area contributed by atoms with E-state index in [0.717, 1.165) is 22.0 Å². The van der Waals surface area contributed by atoms with Crippen molar-refractivity contribution >= 4 is 22.2 Å². The summed E-state index contributed by atoms with van der Waals surface area (Å²) in [6.07, 6.45) is 3.45. The molecule has 1 N–H and O–H groups in total. The molecule has 5 rings (SSSR count). The van der Waals surface area contributed by atoms with Crippen molar-refractivity contribution in [2.24, 2.45) is 0 Å². The number of H-pyrrole nitrogens is 1. The number of benzene rings is 2. The fraction of sp³-hybridized carbons (Fsp3) is 0.0909. The molecule has 0 saturated carbocycles. The number of hydrogen-bond acceptors (Lipinski definition) is 4. The van der Waals surface area contributed by atoms with Gasteiger partial charge in [-0.05, 0) is 18.6 Å². The molecule has 6 nitrogen and oxygen atoms in total. The van der Waals surface area contributed by atoms with Crippen molar-refractivity contribution in [2.45, 2.75) is 13.0 Å². The summed E-state index contributed by atoms with van der Waals surface area (Å²) in [4.78, 5) is 29.2. The van der Waals surface area contributed by atoms with Gasteiger partial charge in [0.25, 0.3) is 0 Å². The Morgan fingerprint density at radius 1 is 0.964 bits per heavy atom. The summed E-state index contributed by atoms with van der Waals surface area (Å²) in [7, 11) is 0. The predicted molar refractivity (Wildman–Crippen MR) is 109 cm³/mol. The molecular formula is C22H17N5O. The zero-order valence-corrected chi connectivity index (χ0v) is 15.2. The lowest BCUT2D eigenvalue weighted by atomic mass is 10.1. The van der Waals surface area contributed by atoms with Gasteiger partial charge in [0, 0.05) is 17.1 Å². The third-order valence-electron chi connectivity index (χ3n) is 5.00. The van der Waals surface area contributed by atoms with E-state index in [1.54, 1.807) is 17.0 Å². The van der Waals surface area contributed by atoms with Crippen LogP contribution < -0.4 is 5.69 Å². The fourth-order valence-corrected chi connectivity index (χ4v) is 3.57. The van der Waals surface area contributed by atoms with Crippen LogP contribution in [0, 0.1) is 0 Å². The van der Waals surface area contributed by atoms with E-state index in [0.29, 0.717) is 17.0 Å². The normalized spacial score (nSPS) is 12.5. The summed E-state index contributed by atoms with van der Waals surface area (Å²) in [5, 5.41) is 1.03. The first-order valence-electron chi connectivity index (χ1n) is 9.09. The van der Waals surface area contributed by atoms with E-state index >= 15 is 0 Å². The lowest BCUT2D eigenvalue weighted by Gasteiger charge is -2.13. The topological polar surface area (TPSA) is 76.5 Å². The number of rotatable bonds is 3. The van der Waals surface area contributed by atoms with Gasteiger partial charge < -0.3 is 0 Å². The Morgan fingerprint density at radius 3 is 2.64 bits per heavy atom. The average molecular weight is 367 g/mol. The number of nitrogens with zero attached hydrogens (tertiary/aromatic N) is 4. The summed E-state index contributed by atoms with van der Waals surface area (Å²) in [6.45, 7) is 1.98. The molecule has 28 heavy (non-hydrogen) atoms. The second-order valence-corrected chi connectivity index (χ2v) is 6.69. The molecule has 0 unspecified atom stereocenters. The van der Waals surface area contributed by atoms with Crippen molar-refractivity contribution in [1.82, 2.24) is 24.5 Å². The standard InChI is InChI=1S/C22H17N5O/c1-14(15-7-3-2-4-8-15)27-21-20(26-22(27)28)24-13-18(25-21)17-11-5-9-16-10-6-12-23-19(16)17/h2-14H,1H3,(H,24,26,28)/t14-/m1/s1. The molecule has 3 heterocycles. The Labute approximate surface area is 160 Å². The Morgan fingerprint density at radius 2 is 1.79 bits per heavy atom. The molecule has 136 valence electrons. The van der Waals surface area contributed by atoms with Crippen LogP contribution in [0.4, 0.5) is 0 Å². The minimum atomic E-state index is -0.223. The number of nitrogens with one attached hydrogen (secondary N) is 1. The van der Waals surface area contributed by atoms with Crippen molar-refractivity contribution in [1.29, 1.82) is 0 Å². The molecule has 0 amide bonds. The van der Waals surface area contributed by atoms with Crippen LogP contribution >= 0.6 is 0 Å². The van der Waals surface area contributed by atoms with Gasteiger partial charge in [0.05, 0.1) is 23.4 Å². The van der Waals surface area contributed by atoms with Gasteiger partial charge in [-0.1, -0.05) is 54.6 Å². The molecule has 5 aromatic rings. The molecule has 6 heteroatoms. The van der Waals surface area contributed by atoms with Gasteiger partial charge in [0.1, 0.15) is 0 Å². The maximum atomic E-state index is 12.6. The van der Waals surface area contributed by atoms with Gasteiger partial charge in [0.15, 0.2) is 11.3 Å². The molecule has 0 radical (unpaired) electrons. The Balaban J connectivity index is 1.72. The first kappa shape index (κ1) is 16.4. The highest BCUT2D eigenvalue weighted by atomic mass is 16.1. The first-order valence-corrected chi connectivity index (χ1v) is 9.09. The molecule has 0 saturated heterocycles. The average Bonchev–Trinajstić information content (AvgIpc) is 3.08. The largest absolute Gasteiger partial charge is 0.329 e. The number of para-hydroxylation sites is 1. The zero-order chi connectivity index (χ0) is 19.1. The lowest BCUT2D eigenvalue weighted by Crippen LogP contribution is -2.21. The Kier molecular flexibility index (Phi) is 3.76. The minimum absolute atomic E-state index is 0.169. The Bertz CT molecular complexity index is 1350. The van der Waals surface area contributed by atoms with Crippen molar-refractivity contribution in [3.63, 3.8) is 0 Å². The quantitative estimate of drug-likeness (QED) is 0.524. The van der Waals surface area contributed by atoms with Gasteiger partial charge in [-0.15, -0.1) is 0 Å². The summed E-state index contributed by atoms with van der Waals surface area (Å²) >= 11 is 0. The monoisotopic (exact) mass is 367 g/mol. The summed E-state index contributed by atoms with van der Waals surface area (Å²) < 4.78 is 1.65.